The number of rotatable bonds is 5. The summed E-state index contributed by atoms with van der Waals surface area (Å²) in [5.74, 6) is 0.0137. The van der Waals surface area contributed by atoms with Gasteiger partial charge in [0, 0.05) is 18.3 Å². The van der Waals surface area contributed by atoms with Gasteiger partial charge in [0.05, 0.1) is 19.0 Å². The van der Waals surface area contributed by atoms with E-state index in [9.17, 15) is 4.79 Å². The fraction of sp³-hybridized carbons (Fsp3) is 0.500. The molecule has 0 spiro atoms. The van der Waals surface area contributed by atoms with Crippen molar-refractivity contribution in [3.05, 3.63) is 29.8 Å². The van der Waals surface area contributed by atoms with E-state index in [0.29, 0.717) is 19.0 Å². The van der Waals surface area contributed by atoms with Crippen LogP contribution in [0.15, 0.2) is 24.3 Å². The lowest BCUT2D eigenvalue weighted by Gasteiger charge is -2.31. The van der Waals surface area contributed by atoms with E-state index < -0.39 is 0 Å². The van der Waals surface area contributed by atoms with Crippen LogP contribution in [0.2, 0.25) is 0 Å². The molecular weight excluding hydrogens is 264 g/mol. The topological polar surface area (TPSA) is 68.2 Å². The van der Waals surface area contributed by atoms with E-state index in [0.717, 1.165) is 30.8 Å². The molecule has 1 atom stereocenters. The van der Waals surface area contributed by atoms with Crippen LogP contribution in [0.1, 0.15) is 18.4 Å². The number of carbonyl (C=O) groups excluding carboxylic acids is 1. The van der Waals surface area contributed by atoms with E-state index in [-0.39, 0.29) is 5.91 Å². The number of likely N-dealkylation sites (tertiary alicyclic amines) is 1. The summed E-state index contributed by atoms with van der Waals surface area (Å²) in [7, 11) is 1.97. The number of amides is 1. The van der Waals surface area contributed by atoms with E-state index >= 15 is 0 Å². The third-order valence-electron chi connectivity index (χ3n) is 3.80. The summed E-state index contributed by atoms with van der Waals surface area (Å²) in [6, 6.07) is 10.0. The quantitative estimate of drug-likeness (QED) is 0.858. The summed E-state index contributed by atoms with van der Waals surface area (Å²) >= 11 is 0. The van der Waals surface area contributed by atoms with Crippen molar-refractivity contribution in [2.24, 2.45) is 0 Å². The molecule has 0 bridgehead atoms. The highest BCUT2D eigenvalue weighted by atomic mass is 16.2. The molecule has 1 aliphatic rings. The summed E-state index contributed by atoms with van der Waals surface area (Å²) in [5.41, 5.74) is 1.74. The Labute approximate surface area is 125 Å². The molecule has 1 aromatic rings. The molecule has 1 amide bonds. The van der Waals surface area contributed by atoms with Crippen molar-refractivity contribution >= 4 is 11.6 Å². The minimum absolute atomic E-state index is 0.0137. The second-order valence-corrected chi connectivity index (χ2v) is 5.44. The molecule has 0 radical (unpaired) electrons. The number of likely N-dealkylation sites (N-methyl/N-ethyl adjacent to an activating group) is 1. The maximum absolute atomic E-state index is 12.1. The van der Waals surface area contributed by atoms with Crippen molar-refractivity contribution in [3.63, 3.8) is 0 Å². The summed E-state index contributed by atoms with van der Waals surface area (Å²) in [4.78, 5) is 14.2. The Hall–Kier alpha value is -1.90. The second-order valence-electron chi connectivity index (χ2n) is 5.44. The van der Waals surface area contributed by atoms with E-state index in [4.69, 9.17) is 5.26 Å². The lowest BCUT2D eigenvalue weighted by atomic mass is 10.1. The molecule has 0 aliphatic carbocycles. The Balaban J connectivity index is 1.82. The largest absolute Gasteiger partial charge is 0.325 e. The van der Waals surface area contributed by atoms with E-state index in [2.05, 4.69) is 21.6 Å². The fourth-order valence-electron chi connectivity index (χ4n) is 2.64. The third kappa shape index (κ3) is 4.85. The van der Waals surface area contributed by atoms with Crippen molar-refractivity contribution in [3.8, 4) is 6.07 Å². The molecule has 5 heteroatoms. The van der Waals surface area contributed by atoms with Crippen LogP contribution < -0.4 is 10.6 Å². The van der Waals surface area contributed by atoms with Crippen LogP contribution in [0.25, 0.3) is 0 Å². The maximum atomic E-state index is 12.1. The number of hydrogen-bond acceptors (Lipinski definition) is 4. The molecule has 21 heavy (non-hydrogen) atoms. The monoisotopic (exact) mass is 286 g/mol. The van der Waals surface area contributed by atoms with E-state index in [1.54, 1.807) is 0 Å². The van der Waals surface area contributed by atoms with Crippen LogP contribution in [0.5, 0.6) is 0 Å². The maximum Gasteiger partial charge on any atom is 0.238 e. The molecule has 1 unspecified atom stereocenters. The predicted molar refractivity (Wildman–Crippen MR) is 82.9 cm³/mol. The average molecular weight is 286 g/mol. The Morgan fingerprint density at radius 2 is 2.19 bits per heavy atom. The van der Waals surface area contributed by atoms with Gasteiger partial charge in [-0.3, -0.25) is 9.69 Å². The van der Waals surface area contributed by atoms with Crippen molar-refractivity contribution in [1.29, 1.82) is 5.26 Å². The molecule has 1 aromatic carbocycles. The Kier molecular flexibility index (Phi) is 5.73. The molecule has 2 rings (SSSR count). The molecule has 112 valence electrons. The third-order valence-corrected chi connectivity index (χ3v) is 3.80. The lowest BCUT2D eigenvalue weighted by Crippen LogP contribution is -2.46. The first-order chi connectivity index (χ1) is 10.2. The number of carbonyl (C=O) groups is 1. The van der Waals surface area contributed by atoms with Crippen molar-refractivity contribution < 1.29 is 4.79 Å². The van der Waals surface area contributed by atoms with Crippen LogP contribution in [0, 0.1) is 11.3 Å². The molecular formula is C16H22N4O. The van der Waals surface area contributed by atoms with Gasteiger partial charge in [-0.05, 0) is 44.1 Å². The first-order valence-electron chi connectivity index (χ1n) is 7.36. The Morgan fingerprint density at radius 3 is 2.86 bits per heavy atom. The summed E-state index contributed by atoms with van der Waals surface area (Å²) in [6.45, 7) is 2.33. The number of nitrogens with zero attached hydrogens (tertiary/aromatic N) is 2. The van der Waals surface area contributed by atoms with Crippen molar-refractivity contribution in [2.45, 2.75) is 25.3 Å². The number of piperidine rings is 1. The zero-order chi connectivity index (χ0) is 15.1. The highest BCUT2D eigenvalue weighted by molar-refractivity contribution is 5.92. The summed E-state index contributed by atoms with van der Waals surface area (Å²) < 4.78 is 0. The average Bonchev–Trinajstić information content (AvgIpc) is 2.49. The first-order valence-corrected chi connectivity index (χ1v) is 7.36. The standard InChI is InChI=1S/C16H22N4O/c1-18-15-3-2-10-20(11-15)12-16(21)19-14-6-4-13(5-7-14)8-9-17/h4-7,15,18H,2-3,8,10-12H2,1H3,(H,19,21). The molecule has 1 aliphatic heterocycles. The van der Waals surface area contributed by atoms with E-state index in [1.165, 1.54) is 6.42 Å². The molecule has 2 N–H and O–H groups in total. The van der Waals surface area contributed by atoms with Crippen LogP contribution in [0.3, 0.4) is 0 Å². The Bertz CT molecular complexity index is 506. The van der Waals surface area contributed by atoms with Gasteiger partial charge < -0.3 is 10.6 Å². The SMILES string of the molecule is CNC1CCCN(CC(=O)Nc2ccc(CC#N)cc2)C1. The van der Waals surface area contributed by atoms with Crippen LogP contribution in [0.4, 0.5) is 5.69 Å². The van der Waals surface area contributed by atoms with Gasteiger partial charge in [-0.15, -0.1) is 0 Å². The minimum atomic E-state index is 0.0137. The number of nitriles is 1. The molecule has 1 saturated heterocycles. The predicted octanol–water partition coefficient (Wildman–Crippen LogP) is 1.37. The second kappa shape index (κ2) is 7.77. The molecule has 0 saturated carbocycles. The van der Waals surface area contributed by atoms with Gasteiger partial charge in [0.1, 0.15) is 0 Å². The van der Waals surface area contributed by atoms with Gasteiger partial charge in [0.25, 0.3) is 0 Å². The van der Waals surface area contributed by atoms with Gasteiger partial charge in [0.2, 0.25) is 5.91 Å². The van der Waals surface area contributed by atoms with Crippen LogP contribution in [-0.4, -0.2) is 43.5 Å². The number of benzene rings is 1. The Morgan fingerprint density at radius 1 is 1.43 bits per heavy atom. The minimum Gasteiger partial charge on any atom is -0.325 e. The molecule has 1 fully saturated rings. The number of hydrogen-bond donors (Lipinski definition) is 2. The van der Waals surface area contributed by atoms with Gasteiger partial charge in [-0.2, -0.15) is 5.26 Å². The zero-order valence-electron chi connectivity index (χ0n) is 12.4. The van der Waals surface area contributed by atoms with Crippen molar-refractivity contribution in [2.75, 3.05) is 32.0 Å². The van der Waals surface area contributed by atoms with E-state index in [1.807, 2.05) is 31.3 Å². The smallest absolute Gasteiger partial charge is 0.238 e. The number of nitrogens with one attached hydrogen (secondary N) is 2. The highest BCUT2D eigenvalue weighted by Gasteiger charge is 2.20. The fourth-order valence-corrected chi connectivity index (χ4v) is 2.64. The zero-order valence-corrected chi connectivity index (χ0v) is 12.4. The van der Waals surface area contributed by atoms with Gasteiger partial charge in [0.15, 0.2) is 0 Å². The van der Waals surface area contributed by atoms with Gasteiger partial charge in [-0.1, -0.05) is 12.1 Å². The summed E-state index contributed by atoms with van der Waals surface area (Å²) in [6.07, 6.45) is 2.70. The van der Waals surface area contributed by atoms with Crippen LogP contribution >= 0.6 is 0 Å². The normalized spacial score (nSPS) is 19.0. The first kappa shape index (κ1) is 15.5. The summed E-state index contributed by atoms with van der Waals surface area (Å²) in [5, 5.41) is 14.8. The number of anilines is 1. The molecule has 0 aromatic heterocycles. The van der Waals surface area contributed by atoms with Crippen molar-refractivity contribution in [1.82, 2.24) is 10.2 Å². The molecule has 5 nitrogen and oxygen atoms in total. The molecule has 1 heterocycles. The lowest BCUT2D eigenvalue weighted by molar-refractivity contribution is -0.117. The van der Waals surface area contributed by atoms with Crippen LogP contribution in [-0.2, 0) is 11.2 Å². The highest BCUT2D eigenvalue weighted by Crippen LogP contribution is 2.12. The van der Waals surface area contributed by atoms with Gasteiger partial charge >= 0.3 is 0 Å². The van der Waals surface area contributed by atoms with Gasteiger partial charge in [-0.25, -0.2) is 0 Å².